The Labute approximate surface area is 233 Å². The van der Waals surface area contributed by atoms with Gasteiger partial charge in [-0.1, -0.05) is 55.5 Å². The number of benzene rings is 2. The zero-order valence-electron chi connectivity index (χ0n) is 23.2. The maximum Gasteiger partial charge on any atom is 0.330 e. The molecule has 0 radical (unpaired) electrons. The summed E-state index contributed by atoms with van der Waals surface area (Å²) in [6.07, 6.45) is 5.84. The lowest BCUT2D eigenvalue weighted by molar-refractivity contribution is -0.144. The summed E-state index contributed by atoms with van der Waals surface area (Å²) in [4.78, 5) is 39.3. The lowest BCUT2D eigenvalue weighted by atomic mass is 9.53. The van der Waals surface area contributed by atoms with Gasteiger partial charge in [-0.2, -0.15) is 0 Å². The number of rotatable bonds is 3. The number of aliphatic hydroxyl groups excluding tert-OH is 1. The highest BCUT2D eigenvalue weighted by atomic mass is 16.5. The van der Waals surface area contributed by atoms with Crippen molar-refractivity contribution >= 4 is 17.8 Å². The molecule has 6 atom stereocenters. The van der Waals surface area contributed by atoms with Crippen LogP contribution in [0.5, 0.6) is 11.5 Å². The second kappa shape index (κ2) is 9.45. The molecule has 2 aliphatic carbocycles. The number of imide groups is 2. The number of hydrogen-bond acceptors (Lipinski definition) is 7. The number of urea groups is 1. The number of methoxy groups -OCH3 is 1. The molecular formula is C31H35N3O6. The summed E-state index contributed by atoms with van der Waals surface area (Å²) in [5.74, 6) is 1.06. The number of likely N-dealkylation sites (N-methyl/N-ethyl adjacent to an activating group) is 2. The van der Waals surface area contributed by atoms with E-state index in [1.54, 1.807) is 38.3 Å². The Morgan fingerprint density at radius 1 is 1.10 bits per heavy atom. The lowest BCUT2D eigenvalue weighted by Gasteiger charge is -2.56. The van der Waals surface area contributed by atoms with Gasteiger partial charge in [-0.25, -0.2) is 4.79 Å². The van der Waals surface area contributed by atoms with E-state index in [1.165, 1.54) is 18.2 Å². The van der Waals surface area contributed by atoms with Crippen molar-refractivity contribution in [1.82, 2.24) is 15.1 Å². The largest absolute Gasteiger partial charge is 0.493 e. The fourth-order valence-corrected chi connectivity index (χ4v) is 7.65. The van der Waals surface area contributed by atoms with Crippen LogP contribution in [0.2, 0.25) is 0 Å². The van der Waals surface area contributed by atoms with Crippen LogP contribution in [0, 0.1) is 5.92 Å². The van der Waals surface area contributed by atoms with Crippen molar-refractivity contribution in [3.8, 4) is 11.5 Å². The van der Waals surface area contributed by atoms with E-state index in [1.807, 2.05) is 18.2 Å². The van der Waals surface area contributed by atoms with Crippen molar-refractivity contribution in [3.05, 3.63) is 71.3 Å². The molecule has 5 aliphatic rings. The van der Waals surface area contributed by atoms with Crippen molar-refractivity contribution in [2.24, 2.45) is 5.92 Å². The zero-order valence-corrected chi connectivity index (χ0v) is 23.2. The minimum atomic E-state index is -1.30. The molecule has 2 aromatic rings. The van der Waals surface area contributed by atoms with Gasteiger partial charge >= 0.3 is 6.03 Å². The number of likely N-dealkylation sites (tertiary alicyclic amines) is 1. The minimum absolute atomic E-state index is 0.0806. The molecule has 2 saturated heterocycles. The monoisotopic (exact) mass is 545 g/mol. The van der Waals surface area contributed by atoms with Gasteiger partial charge in [0.05, 0.1) is 7.11 Å². The van der Waals surface area contributed by atoms with E-state index in [-0.39, 0.29) is 11.5 Å². The Hall–Kier alpha value is -3.69. The molecule has 2 aromatic carbocycles. The molecule has 1 unspecified atom stereocenters. The molecule has 9 nitrogen and oxygen atoms in total. The van der Waals surface area contributed by atoms with Crippen molar-refractivity contribution in [2.75, 3.05) is 27.7 Å². The number of carbonyl (C=O) groups is 3. The summed E-state index contributed by atoms with van der Waals surface area (Å²) in [7, 11) is 5.28. The second-order valence-electron chi connectivity index (χ2n) is 11.4. The van der Waals surface area contributed by atoms with Crippen molar-refractivity contribution in [3.63, 3.8) is 0 Å². The van der Waals surface area contributed by atoms with Gasteiger partial charge in [0.15, 0.2) is 16.9 Å². The molecule has 40 heavy (non-hydrogen) atoms. The van der Waals surface area contributed by atoms with Gasteiger partial charge in [-0.15, -0.1) is 0 Å². The van der Waals surface area contributed by atoms with E-state index in [2.05, 4.69) is 29.4 Å². The van der Waals surface area contributed by atoms with Crippen molar-refractivity contribution in [1.29, 1.82) is 0 Å². The maximum atomic E-state index is 12.3. The topological polar surface area (TPSA) is 108 Å². The molecule has 7 rings (SSSR count). The molecule has 1 spiro atoms. The second-order valence-corrected chi connectivity index (χ2v) is 11.4. The first-order valence-corrected chi connectivity index (χ1v) is 13.8. The third kappa shape index (κ3) is 3.43. The molecule has 3 heterocycles. The third-order valence-electron chi connectivity index (χ3n) is 9.73. The molecule has 2 N–H and O–H groups in total. The fourth-order valence-electron chi connectivity index (χ4n) is 7.65. The van der Waals surface area contributed by atoms with Crippen LogP contribution in [0.3, 0.4) is 0 Å². The Bertz CT molecular complexity index is 1410. The van der Waals surface area contributed by atoms with Crippen molar-refractivity contribution < 1.29 is 29.0 Å². The number of nitrogens with one attached hydrogen (secondary N) is 1. The molecular weight excluding hydrogens is 510 g/mol. The van der Waals surface area contributed by atoms with Crippen LogP contribution in [0.25, 0.3) is 0 Å². The van der Waals surface area contributed by atoms with E-state index in [4.69, 9.17) is 9.47 Å². The predicted molar refractivity (Wildman–Crippen MR) is 147 cm³/mol. The number of hydrogen-bond donors (Lipinski definition) is 2. The van der Waals surface area contributed by atoms with Gasteiger partial charge in [-0.3, -0.25) is 19.8 Å². The Morgan fingerprint density at radius 2 is 1.85 bits per heavy atom. The van der Waals surface area contributed by atoms with Gasteiger partial charge in [0.2, 0.25) is 5.91 Å². The summed E-state index contributed by atoms with van der Waals surface area (Å²) in [5.41, 5.74) is 1.91. The molecule has 9 heteroatoms. The molecule has 0 aromatic heterocycles. The van der Waals surface area contributed by atoms with Crippen LogP contribution in [-0.4, -0.2) is 78.8 Å². The number of carbonyl (C=O) groups excluding carboxylic acids is 3. The van der Waals surface area contributed by atoms with Crippen LogP contribution >= 0.6 is 0 Å². The first-order valence-electron chi connectivity index (χ1n) is 13.8. The van der Waals surface area contributed by atoms with E-state index in [9.17, 15) is 19.5 Å². The quantitative estimate of drug-likeness (QED) is 0.451. The highest BCUT2D eigenvalue weighted by Crippen LogP contribution is 2.62. The SMILES string of the molecule is CCC1(c2ccccc2)C(=O)NC(=O)N(C)C1=O.COc1ccc2c3c1O[C@H]1[C@@H](O)C=C[C@H]4[C@@H](C2)N(C)CC[C@@]341. The lowest BCUT2D eigenvalue weighted by Crippen LogP contribution is -2.64. The summed E-state index contributed by atoms with van der Waals surface area (Å²) in [6, 6.07) is 12.8. The van der Waals surface area contributed by atoms with E-state index in [0.29, 0.717) is 23.9 Å². The number of barbiturate groups is 1. The average molecular weight is 546 g/mol. The Kier molecular flexibility index (Phi) is 6.27. The van der Waals surface area contributed by atoms with Crippen LogP contribution < -0.4 is 14.8 Å². The van der Waals surface area contributed by atoms with Gasteiger partial charge in [0.1, 0.15) is 12.2 Å². The Balaban J connectivity index is 0.000000148. The highest BCUT2D eigenvalue weighted by Gasteiger charge is 2.64. The standard InChI is InChI=1S/C18H21NO3.C13H14N2O3/c1-19-8-7-18-11-4-5-13(20)17(18)22-16-14(21-2)6-3-10(15(16)18)9-12(11)19;1-3-13(9-7-5-4-6-8-9)10(16)14-12(18)15(2)11(13)17/h3-6,11-13,17,20H,7-9H2,1-2H3;4-8H,3H2,1-2H3,(H,14,16,18)/t11-,12+,13-,17-,18-;/m0./s1. The number of amides is 4. The highest BCUT2D eigenvalue weighted by molar-refractivity contribution is 6.22. The molecule has 3 aliphatic heterocycles. The number of aliphatic hydroxyl groups is 1. The van der Waals surface area contributed by atoms with Gasteiger partial charge < -0.3 is 19.5 Å². The first kappa shape index (κ1) is 26.5. The van der Waals surface area contributed by atoms with Crippen LogP contribution in [0.15, 0.2) is 54.6 Å². The fraction of sp³-hybridized carbons (Fsp3) is 0.452. The summed E-state index contributed by atoms with van der Waals surface area (Å²) in [5, 5.41) is 12.8. The molecule has 2 bridgehead atoms. The van der Waals surface area contributed by atoms with E-state index in [0.717, 1.165) is 35.8 Å². The van der Waals surface area contributed by atoms with Gasteiger partial charge in [0, 0.05) is 30.0 Å². The van der Waals surface area contributed by atoms with E-state index >= 15 is 0 Å². The van der Waals surface area contributed by atoms with Crippen molar-refractivity contribution in [2.45, 2.75) is 55.3 Å². The average Bonchev–Trinajstić information content (AvgIpc) is 3.32. The normalized spacial score (nSPS) is 33.4. The number of ether oxygens (including phenoxy) is 2. The van der Waals surface area contributed by atoms with Crippen LogP contribution in [0.1, 0.15) is 36.5 Å². The van der Waals surface area contributed by atoms with Gasteiger partial charge in [-0.05, 0) is 50.0 Å². The summed E-state index contributed by atoms with van der Waals surface area (Å²) in [6.45, 7) is 2.81. The zero-order chi connectivity index (χ0) is 28.4. The summed E-state index contributed by atoms with van der Waals surface area (Å²) >= 11 is 0. The van der Waals surface area contributed by atoms with Crippen LogP contribution in [0.4, 0.5) is 4.79 Å². The molecule has 0 saturated carbocycles. The summed E-state index contributed by atoms with van der Waals surface area (Å²) < 4.78 is 11.8. The van der Waals surface area contributed by atoms with E-state index < -0.39 is 29.4 Å². The predicted octanol–water partition coefficient (Wildman–Crippen LogP) is 2.54. The number of piperidine rings is 1. The third-order valence-corrected chi connectivity index (χ3v) is 9.73. The van der Waals surface area contributed by atoms with Crippen LogP contribution in [-0.2, 0) is 26.8 Å². The van der Waals surface area contributed by atoms with Gasteiger partial charge in [0.25, 0.3) is 5.91 Å². The smallest absolute Gasteiger partial charge is 0.330 e. The molecule has 4 amide bonds. The number of nitrogens with zero attached hydrogens (tertiary/aromatic N) is 2. The minimum Gasteiger partial charge on any atom is -0.493 e. The first-order chi connectivity index (χ1) is 19.2. The molecule has 2 fully saturated rings. The Morgan fingerprint density at radius 3 is 2.55 bits per heavy atom. The molecule has 210 valence electrons. The maximum absolute atomic E-state index is 12.3.